The van der Waals surface area contributed by atoms with E-state index in [1.165, 1.54) is 23.1 Å². The first-order valence-electron chi connectivity index (χ1n) is 13.8. The highest BCUT2D eigenvalue weighted by Gasteiger charge is 2.40. The van der Waals surface area contributed by atoms with Gasteiger partial charge in [0.25, 0.3) is 0 Å². The molecule has 0 aromatic heterocycles. The molecule has 4 nitrogen and oxygen atoms in total. The van der Waals surface area contributed by atoms with Crippen molar-refractivity contribution < 1.29 is 9.84 Å². The van der Waals surface area contributed by atoms with Gasteiger partial charge >= 0.3 is 0 Å². The van der Waals surface area contributed by atoms with E-state index in [-0.39, 0.29) is 5.92 Å². The van der Waals surface area contributed by atoms with Crippen molar-refractivity contribution in [2.24, 2.45) is 0 Å². The molecule has 2 aliphatic rings. The van der Waals surface area contributed by atoms with Crippen molar-refractivity contribution in [1.29, 1.82) is 0 Å². The minimum atomic E-state index is -0.635. The average Bonchev–Trinajstić information content (AvgIpc) is 2.93. The maximum Gasteiger partial charge on any atom is 0.119 e. The van der Waals surface area contributed by atoms with Crippen LogP contribution in [-0.2, 0) is 13.2 Å². The van der Waals surface area contributed by atoms with Crippen molar-refractivity contribution in [1.82, 2.24) is 9.80 Å². The van der Waals surface area contributed by atoms with Gasteiger partial charge in [-0.2, -0.15) is 0 Å². The van der Waals surface area contributed by atoms with Gasteiger partial charge in [-0.15, -0.1) is 0 Å². The van der Waals surface area contributed by atoms with Gasteiger partial charge < -0.3 is 14.7 Å². The summed E-state index contributed by atoms with van der Waals surface area (Å²) in [5, 5.41) is 12.4. The van der Waals surface area contributed by atoms with E-state index in [9.17, 15) is 5.11 Å². The summed E-state index contributed by atoms with van der Waals surface area (Å²) >= 11 is 6.36. The first kappa shape index (κ1) is 26.2. The first-order chi connectivity index (χ1) is 18.1. The predicted molar refractivity (Wildman–Crippen MR) is 151 cm³/mol. The number of ether oxygens (including phenoxy) is 1. The molecule has 1 saturated carbocycles. The number of halogens is 1. The Bertz CT molecular complexity index is 1110. The van der Waals surface area contributed by atoms with E-state index in [0.717, 1.165) is 75.7 Å². The SMILES string of the molecule is OC1(C(CN2CCN(Cc3ccc(OCc4ccccc4)cc3)CC2)c2cccc(Cl)c2)CCCCC1. The topological polar surface area (TPSA) is 35.9 Å². The van der Waals surface area contributed by atoms with Gasteiger partial charge in [-0.1, -0.05) is 85.5 Å². The smallest absolute Gasteiger partial charge is 0.119 e. The zero-order valence-electron chi connectivity index (χ0n) is 21.7. The van der Waals surface area contributed by atoms with Crippen molar-refractivity contribution >= 4 is 11.6 Å². The maximum atomic E-state index is 11.7. The number of nitrogens with zero attached hydrogens (tertiary/aromatic N) is 2. The zero-order chi connectivity index (χ0) is 25.5. The van der Waals surface area contributed by atoms with Crippen molar-refractivity contribution in [3.63, 3.8) is 0 Å². The maximum absolute atomic E-state index is 11.7. The standard InChI is InChI=1S/C32H39ClN2O2/c33-29-11-7-10-28(22-29)31(32(36)16-5-2-6-17-32)24-35-20-18-34(19-21-35)23-26-12-14-30(15-13-26)37-25-27-8-3-1-4-9-27/h1,3-4,7-15,22,31,36H,2,5-6,16-21,23-25H2. The largest absolute Gasteiger partial charge is 0.489 e. The molecule has 1 aliphatic heterocycles. The van der Waals surface area contributed by atoms with E-state index in [1.807, 2.05) is 30.3 Å². The van der Waals surface area contributed by atoms with Crippen LogP contribution in [0.15, 0.2) is 78.9 Å². The molecule has 1 aliphatic carbocycles. The minimum Gasteiger partial charge on any atom is -0.489 e. The third-order valence-corrected chi connectivity index (χ3v) is 8.34. The summed E-state index contributed by atoms with van der Waals surface area (Å²) in [6, 6.07) is 26.9. The monoisotopic (exact) mass is 518 g/mol. The molecule has 0 amide bonds. The first-order valence-corrected chi connectivity index (χ1v) is 14.1. The van der Waals surface area contributed by atoms with E-state index in [4.69, 9.17) is 16.3 Å². The molecule has 2 fully saturated rings. The van der Waals surface area contributed by atoms with Crippen molar-refractivity contribution in [3.05, 3.63) is 101 Å². The van der Waals surface area contributed by atoms with Crippen molar-refractivity contribution in [3.8, 4) is 5.75 Å². The lowest BCUT2D eigenvalue weighted by atomic mass is 9.72. The molecule has 0 radical (unpaired) electrons. The molecule has 1 N–H and O–H groups in total. The molecule has 1 heterocycles. The molecule has 196 valence electrons. The number of benzene rings is 3. The second-order valence-electron chi connectivity index (χ2n) is 10.8. The quantitative estimate of drug-likeness (QED) is 0.350. The van der Waals surface area contributed by atoms with Crippen LogP contribution in [-0.4, -0.2) is 53.2 Å². The molecule has 3 aromatic carbocycles. The van der Waals surface area contributed by atoms with E-state index < -0.39 is 5.60 Å². The Morgan fingerprint density at radius 3 is 2.19 bits per heavy atom. The summed E-state index contributed by atoms with van der Waals surface area (Å²) in [6.45, 7) is 6.54. The van der Waals surface area contributed by atoms with Gasteiger partial charge in [0.15, 0.2) is 0 Å². The number of piperazine rings is 1. The lowest BCUT2D eigenvalue weighted by Gasteiger charge is -2.43. The highest BCUT2D eigenvalue weighted by atomic mass is 35.5. The Labute approximate surface area is 226 Å². The Morgan fingerprint density at radius 2 is 1.49 bits per heavy atom. The highest BCUT2D eigenvalue weighted by molar-refractivity contribution is 6.30. The Hall–Kier alpha value is -2.37. The number of rotatable bonds is 9. The summed E-state index contributed by atoms with van der Waals surface area (Å²) in [4.78, 5) is 5.06. The van der Waals surface area contributed by atoms with Crippen LogP contribution in [0.5, 0.6) is 5.75 Å². The highest BCUT2D eigenvalue weighted by Crippen LogP contribution is 2.41. The summed E-state index contributed by atoms with van der Waals surface area (Å²) in [6.07, 6.45) is 5.21. The van der Waals surface area contributed by atoms with Gasteiger partial charge in [0.2, 0.25) is 0 Å². The zero-order valence-corrected chi connectivity index (χ0v) is 22.5. The summed E-state index contributed by atoms with van der Waals surface area (Å²) in [5.41, 5.74) is 3.03. The van der Waals surface area contributed by atoms with Gasteiger partial charge in [0, 0.05) is 50.2 Å². The molecule has 37 heavy (non-hydrogen) atoms. The third-order valence-electron chi connectivity index (χ3n) is 8.10. The fraction of sp³-hybridized carbons (Fsp3) is 0.438. The van der Waals surface area contributed by atoms with E-state index in [0.29, 0.717) is 6.61 Å². The molecule has 1 atom stereocenters. The molecule has 0 spiro atoms. The fourth-order valence-corrected chi connectivity index (χ4v) is 6.10. The van der Waals surface area contributed by atoms with E-state index in [2.05, 4.69) is 58.3 Å². The molecule has 5 heteroatoms. The van der Waals surface area contributed by atoms with Gasteiger partial charge in [-0.3, -0.25) is 4.90 Å². The van der Waals surface area contributed by atoms with Crippen LogP contribution >= 0.6 is 11.6 Å². The van der Waals surface area contributed by atoms with Gasteiger partial charge in [-0.05, 0) is 53.8 Å². The van der Waals surface area contributed by atoms with Crippen LogP contribution < -0.4 is 4.74 Å². The summed E-state index contributed by atoms with van der Waals surface area (Å²) in [5.74, 6) is 1.01. The average molecular weight is 519 g/mol. The van der Waals surface area contributed by atoms with Crippen LogP contribution in [0.2, 0.25) is 5.02 Å². The molecule has 1 unspecified atom stereocenters. The molecule has 1 saturated heterocycles. The lowest BCUT2D eigenvalue weighted by molar-refractivity contribution is -0.0344. The van der Waals surface area contributed by atoms with Gasteiger partial charge in [-0.25, -0.2) is 0 Å². The Balaban J connectivity index is 1.14. The summed E-state index contributed by atoms with van der Waals surface area (Å²) < 4.78 is 5.94. The molecular formula is C32H39ClN2O2. The van der Waals surface area contributed by atoms with Gasteiger partial charge in [0.1, 0.15) is 12.4 Å². The predicted octanol–water partition coefficient (Wildman–Crippen LogP) is 6.52. The van der Waals surface area contributed by atoms with Crippen LogP contribution in [0.25, 0.3) is 0 Å². The number of aliphatic hydroxyl groups is 1. The number of hydrogen-bond acceptors (Lipinski definition) is 4. The fourth-order valence-electron chi connectivity index (χ4n) is 5.90. The summed E-state index contributed by atoms with van der Waals surface area (Å²) in [7, 11) is 0. The number of hydrogen-bond donors (Lipinski definition) is 1. The van der Waals surface area contributed by atoms with Crippen LogP contribution in [0.1, 0.15) is 54.7 Å². The lowest BCUT2D eigenvalue weighted by Crippen LogP contribution is -2.50. The van der Waals surface area contributed by atoms with Crippen LogP contribution in [0.4, 0.5) is 0 Å². The molecule has 5 rings (SSSR count). The second-order valence-corrected chi connectivity index (χ2v) is 11.2. The third kappa shape index (κ3) is 7.14. The van der Waals surface area contributed by atoms with Crippen LogP contribution in [0, 0.1) is 0 Å². The van der Waals surface area contributed by atoms with Crippen molar-refractivity contribution in [2.45, 2.75) is 56.8 Å². The van der Waals surface area contributed by atoms with Gasteiger partial charge in [0.05, 0.1) is 5.60 Å². The van der Waals surface area contributed by atoms with Crippen molar-refractivity contribution in [2.75, 3.05) is 32.7 Å². The molecule has 0 bridgehead atoms. The Morgan fingerprint density at radius 1 is 0.784 bits per heavy atom. The Kier molecular flexibility index (Phi) is 8.83. The normalized spacial score (nSPS) is 19.4. The van der Waals surface area contributed by atoms with E-state index >= 15 is 0 Å². The molecular weight excluding hydrogens is 480 g/mol. The van der Waals surface area contributed by atoms with E-state index in [1.54, 1.807) is 0 Å². The van der Waals surface area contributed by atoms with Crippen LogP contribution in [0.3, 0.4) is 0 Å². The minimum absolute atomic E-state index is 0.0986. The molecule has 3 aromatic rings. The second kappa shape index (κ2) is 12.4.